The summed E-state index contributed by atoms with van der Waals surface area (Å²) in [6.07, 6.45) is 6.95. The number of nitrogens with one attached hydrogen (secondary N) is 2. The van der Waals surface area contributed by atoms with Gasteiger partial charge in [0, 0.05) is 44.4 Å². The highest BCUT2D eigenvalue weighted by molar-refractivity contribution is 14.0. The highest BCUT2D eigenvalue weighted by atomic mass is 127. The smallest absolute Gasteiger partial charge is 0.191 e. The topological polar surface area (TPSA) is 75.9 Å². The minimum absolute atomic E-state index is 0. The molecule has 0 aromatic heterocycles. The van der Waals surface area contributed by atoms with Gasteiger partial charge in [-0.05, 0) is 70.7 Å². The fourth-order valence-electron chi connectivity index (χ4n) is 5.41. The number of piperidine rings is 1. The Bertz CT molecular complexity index is 813. The third-order valence-electron chi connectivity index (χ3n) is 7.20. The van der Waals surface area contributed by atoms with Crippen molar-refractivity contribution in [3.05, 3.63) is 29.8 Å². The summed E-state index contributed by atoms with van der Waals surface area (Å²) in [5, 5.41) is 16.7. The molecular weight excluding hydrogens is 527 g/mol. The van der Waals surface area contributed by atoms with Crippen LogP contribution in [0.1, 0.15) is 51.0 Å². The quantitative estimate of drug-likeness (QED) is 0.313. The number of nitrogens with zero attached hydrogens (tertiary/aromatic N) is 4. The van der Waals surface area contributed by atoms with E-state index in [9.17, 15) is 5.26 Å². The number of aliphatic imine (C=N–C) groups is 1. The number of hydrogen-bond donors (Lipinski definition) is 2. The number of anilines is 1. The van der Waals surface area contributed by atoms with Crippen LogP contribution < -0.4 is 15.5 Å². The van der Waals surface area contributed by atoms with Gasteiger partial charge in [-0.25, -0.2) is 0 Å². The second-order valence-corrected chi connectivity index (χ2v) is 9.28. The first-order valence-corrected chi connectivity index (χ1v) is 12.4. The minimum Gasteiger partial charge on any atom is -0.381 e. The van der Waals surface area contributed by atoms with Crippen LogP contribution in [0.15, 0.2) is 29.3 Å². The number of para-hydroxylation sites is 1. The molecular formula is C25H39IN6O. The molecule has 3 heterocycles. The van der Waals surface area contributed by atoms with Crippen molar-refractivity contribution < 1.29 is 4.74 Å². The van der Waals surface area contributed by atoms with E-state index < -0.39 is 0 Å². The first-order valence-electron chi connectivity index (χ1n) is 12.4. The lowest BCUT2D eigenvalue weighted by molar-refractivity contribution is -0.0139. The van der Waals surface area contributed by atoms with Gasteiger partial charge in [-0.3, -0.25) is 9.89 Å². The highest BCUT2D eigenvalue weighted by Gasteiger charge is 2.39. The molecule has 0 aliphatic carbocycles. The molecule has 33 heavy (non-hydrogen) atoms. The maximum Gasteiger partial charge on any atom is 0.191 e. The third kappa shape index (κ3) is 6.52. The van der Waals surface area contributed by atoms with E-state index in [4.69, 9.17) is 9.73 Å². The first-order chi connectivity index (χ1) is 15.7. The molecule has 8 heteroatoms. The van der Waals surface area contributed by atoms with Crippen molar-refractivity contribution in [1.29, 1.82) is 5.26 Å². The number of rotatable bonds is 6. The van der Waals surface area contributed by atoms with E-state index in [1.54, 1.807) is 0 Å². The summed E-state index contributed by atoms with van der Waals surface area (Å²) in [6.45, 7) is 9.72. The summed E-state index contributed by atoms with van der Waals surface area (Å²) in [5.74, 6) is 0.915. The second-order valence-electron chi connectivity index (χ2n) is 9.28. The molecule has 0 saturated carbocycles. The van der Waals surface area contributed by atoms with Crippen LogP contribution in [0.5, 0.6) is 0 Å². The van der Waals surface area contributed by atoms with E-state index in [0.29, 0.717) is 6.04 Å². The lowest BCUT2D eigenvalue weighted by Crippen LogP contribution is -2.55. The van der Waals surface area contributed by atoms with E-state index >= 15 is 0 Å². The fraction of sp³-hybridized carbons (Fsp3) is 0.680. The number of benzene rings is 1. The molecule has 1 atom stereocenters. The fourth-order valence-corrected chi connectivity index (χ4v) is 5.41. The Morgan fingerprint density at radius 2 is 1.94 bits per heavy atom. The van der Waals surface area contributed by atoms with Gasteiger partial charge in [-0.1, -0.05) is 12.1 Å². The Labute approximate surface area is 216 Å². The van der Waals surface area contributed by atoms with Gasteiger partial charge in [0.2, 0.25) is 0 Å². The molecule has 7 nitrogen and oxygen atoms in total. The predicted molar refractivity (Wildman–Crippen MR) is 145 cm³/mol. The zero-order chi connectivity index (χ0) is 22.2. The normalized spacial score (nSPS) is 23.5. The Kier molecular flexibility index (Phi) is 10.1. The van der Waals surface area contributed by atoms with Crippen molar-refractivity contribution in [3.8, 4) is 6.07 Å². The second kappa shape index (κ2) is 12.8. The molecule has 4 rings (SSSR count). The van der Waals surface area contributed by atoms with E-state index in [2.05, 4.69) is 39.5 Å². The van der Waals surface area contributed by atoms with Gasteiger partial charge in [0.15, 0.2) is 5.96 Å². The van der Waals surface area contributed by atoms with Crippen molar-refractivity contribution in [2.24, 2.45) is 4.99 Å². The molecule has 0 bridgehead atoms. The summed E-state index contributed by atoms with van der Waals surface area (Å²) >= 11 is 0. The van der Waals surface area contributed by atoms with Crippen LogP contribution in [-0.2, 0) is 4.74 Å². The lowest BCUT2D eigenvalue weighted by atomic mass is 9.88. The van der Waals surface area contributed by atoms with Crippen LogP contribution in [0, 0.1) is 11.3 Å². The molecule has 2 N–H and O–H groups in total. The number of hydrogen-bond acceptors (Lipinski definition) is 5. The van der Waals surface area contributed by atoms with Crippen LogP contribution in [0.2, 0.25) is 0 Å². The summed E-state index contributed by atoms with van der Waals surface area (Å²) in [4.78, 5) is 10.1. The Morgan fingerprint density at radius 1 is 1.18 bits per heavy atom. The van der Waals surface area contributed by atoms with Gasteiger partial charge < -0.3 is 20.3 Å². The van der Waals surface area contributed by atoms with Gasteiger partial charge in [0.05, 0.1) is 17.8 Å². The van der Waals surface area contributed by atoms with Gasteiger partial charge in [-0.15, -0.1) is 24.0 Å². The Balaban J connectivity index is 0.00000306. The summed E-state index contributed by atoms with van der Waals surface area (Å²) in [6, 6.07) is 10.6. The highest BCUT2D eigenvalue weighted by Crippen LogP contribution is 2.31. The van der Waals surface area contributed by atoms with Crippen molar-refractivity contribution in [2.75, 3.05) is 57.4 Å². The minimum atomic E-state index is 0. The largest absolute Gasteiger partial charge is 0.381 e. The molecule has 3 saturated heterocycles. The number of guanidine groups is 1. The third-order valence-corrected chi connectivity index (χ3v) is 7.20. The van der Waals surface area contributed by atoms with E-state index in [1.165, 1.54) is 25.9 Å². The number of ether oxygens (including phenoxy) is 1. The molecule has 182 valence electrons. The van der Waals surface area contributed by atoms with Crippen LogP contribution in [0.3, 0.4) is 0 Å². The van der Waals surface area contributed by atoms with E-state index in [1.807, 2.05) is 18.2 Å². The molecule has 0 amide bonds. The van der Waals surface area contributed by atoms with Crippen molar-refractivity contribution in [3.63, 3.8) is 0 Å². The molecule has 0 spiro atoms. The molecule has 3 fully saturated rings. The lowest BCUT2D eigenvalue weighted by Gasteiger charge is -2.43. The van der Waals surface area contributed by atoms with Gasteiger partial charge in [-0.2, -0.15) is 5.26 Å². The van der Waals surface area contributed by atoms with Crippen LogP contribution in [0.25, 0.3) is 0 Å². The summed E-state index contributed by atoms with van der Waals surface area (Å²) in [5.41, 5.74) is 1.93. The van der Waals surface area contributed by atoms with Gasteiger partial charge in [0.1, 0.15) is 6.07 Å². The first kappa shape index (κ1) is 26.0. The Hall–Kier alpha value is -1.57. The van der Waals surface area contributed by atoms with Gasteiger partial charge >= 0.3 is 0 Å². The monoisotopic (exact) mass is 566 g/mol. The average molecular weight is 567 g/mol. The maximum atomic E-state index is 9.50. The van der Waals surface area contributed by atoms with Crippen LogP contribution in [0.4, 0.5) is 5.69 Å². The van der Waals surface area contributed by atoms with Crippen molar-refractivity contribution in [2.45, 2.75) is 57.0 Å². The molecule has 1 aromatic rings. The van der Waals surface area contributed by atoms with E-state index in [0.717, 1.165) is 82.3 Å². The molecule has 1 unspecified atom stereocenters. The average Bonchev–Trinajstić information content (AvgIpc) is 3.39. The zero-order valence-corrected chi connectivity index (χ0v) is 22.2. The van der Waals surface area contributed by atoms with Crippen LogP contribution >= 0.6 is 24.0 Å². The number of likely N-dealkylation sites (tertiary alicyclic amines) is 1. The van der Waals surface area contributed by atoms with Gasteiger partial charge in [0.25, 0.3) is 0 Å². The molecule has 3 aliphatic heterocycles. The molecule has 3 aliphatic rings. The zero-order valence-electron chi connectivity index (χ0n) is 19.9. The van der Waals surface area contributed by atoms with E-state index in [-0.39, 0.29) is 29.5 Å². The molecule has 0 radical (unpaired) electrons. The maximum absolute atomic E-state index is 9.50. The molecule has 1 aromatic carbocycles. The summed E-state index contributed by atoms with van der Waals surface area (Å²) in [7, 11) is 0. The predicted octanol–water partition coefficient (Wildman–Crippen LogP) is 3.35. The van der Waals surface area contributed by atoms with Crippen LogP contribution in [-0.4, -0.2) is 74.9 Å². The SMILES string of the molecule is CCNC(=NCC1(N2CCCC2)CCOCC1)NC1CCCN(c2ccccc2C#N)C1.I. The van der Waals surface area contributed by atoms with Crippen molar-refractivity contribution >= 4 is 35.6 Å². The standard InChI is InChI=1S/C25H38N6O.HI/c1-2-27-24(28-20-25(11-16-32-17-12-25)31-14-5-6-15-31)29-22-9-7-13-30(19-22)23-10-4-3-8-21(23)18-26;/h3-4,8,10,22H,2,5-7,9,11-17,19-20H2,1H3,(H2,27,28,29);1H. The number of nitriles is 1. The summed E-state index contributed by atoms with van der Waals surface area (Å²) < 4.78 is 5.70. The Morgan fingerprint density at radius 3 is 2.67 bits per heavy atom. The van der Waals surface area contributed by atoms with Crippen molar-refractivity contribution in [1.82, 2.24) is 15.5 Å². The number of halogens is 1.